The van der Waals surface area contributed by atoms with Crippen LogP contribution >= 0.6 is 15.9 Å². The monoisotopic (exact) mass is 362 g/mol. The molecule has 0 spiro atoms. The van der Waals surface area contributed by atoms with E-state index in [1.807, 2.05) is 0 Å². The first-order valence-electron chi connectivity index (χ1n) is 6.17. The molecule has 1 aliphatic heterocycles. The summed E-state index contributed by atoms with van der Waals surface area (Å²) < 4.78 is 23.7. The van der Waals surface area contributed by atoms with Gasteiger partial charge in [-0.3, -0.25) is 4.79 Å². The van der Waals surface area contributed by atoms with Gasteiger partial charge in [0.05, 0.1) is 23.7 Å². The molecule has 1 aliphatic rings. The van der Waals surface area contributed by atoms with Crippen LogP contribution in [0.2, 0.25) is 0 Å². The lowest BCUT2D eigenvalue weighted by Gasteiger charge is -2.27. The minimum Gasteiger partial charge on any atom is -0.395 e. The van der Waals surface area contributed by atoms with Crippen molar-refractivity contribution in [3.8, 4) is 0 Å². The molecule has 0 aliphatic carbocycles. The summed E-state index contributed by atoms with van der Waals surface area (Å²) in [5.74, 6) is -0.255. The van der Waals surface area contributed by atoms with Gasteiger partial charge in [0.25, 0.3) is 5.91 Å². The van der Waals surface area contributed by atoms with Crippen molar-refractivity contribution in [2.24, 2.45) is 0 Å². The fourth-order valence-corrected chi connectivity index (χ4v) is 4.21. The molecular formula is C12H15BrN2O4S. The molecule has 1 saturated heterocycles. The Morgan fingerprint density at radius 2 is 2.25 bits per heavy atom. The zero-order valence-electron chi connectivity index (χ0n) is 10.7. The third-order valence-electron chi connectivity index (χ3n) is 3.23. The van der Waals surface area contributed by atoms with E-state index in [1.165, 1.54) is 11.1 Å². The molecular weight excluding hydrogens is 348 g/mol. The number of sulfone groups is 1. The van der Waals surface area contributed by atoms with Gasteiger partial charge in [-0.25, -0.2) is 13.4 Å². The first-order chi connectivity index (χ1) is 9.43. The third kappa shape index (κ3) is 3.56. The second kappa shape index (κ2) is 6.19. The Kier molecular flexibility index (Phi) is 4.77. The number of carbonyl (C=O) groups excluding carboxylic acids is 1. The van der Waals surface area contributed by atoms with E-state index >= 15 is 0 Å². The first-order valence-corrected chi connectivity index (χ1v) is 8.78. The quantitative estimate of drug-likeness (QED) is 0.786. The van der Waals surface area contributed by atoms with Gasteiger partial charge < -0.3 is 10.0 Å². The van der Waals surface area contributed by atoms with Gasteiger partial charge in [-0.15, -0.1) is 0 Å². The molecule has 20 heavy (non-hydrogen) atoms. The minimum atomic E-state index is -3.08. The largest absolute Gasteiger partial charge is 0.395 e. The zero-order chi connectivity index (χ0) is 14.8. The molecule has 1 aromatic rings. The Balaban J connectivity index is 2.20. The van der Waals surface area contributed by atoms with Gasteiger partial charge in [0, 0.05) is 18.8 Å². The maximum Gasteiger partial charge on any atom is 0.255 e. The Bertz CT molecular complexity index is 588. The van der Waals surface area contributed by atoms with Crippen molar-refractivity contribution in [2.45, 2.75) is 12.5 Å². The first kappa shape index (κ1) is 15.4. The van der Waals surface area contributed by atoms with Gasteiger partial charge in [-0.05, 0) is 34.5 Å². The summed E-state index contributed by atoms with van der Waals surface area (Å²) in [6, 6.07) is 2.89. The van der Waals surface area contributed by atoms with Crippen molar-refractivity contribution >= 4 is 31.7 Å². The second-order valence-electron chi connectivity index (χ2n) is 4.65. The lowest BCUT2D eigenvalue weighted by Crippen LogP contribution is -2.42. The highest BCUT2D eigenvalue weighted by Crippen LogP contribution is 2.20. The molecule has 2 rings (SSSR count). The van der Waals surface area contributed by atoms with Crippen LogP contribution < -0.4 is 0 Å². The number of pyridine rings is 1. The lowest BCUT2D eigenvalue weighted by molar-refractivity contribution is 0.0655. The molecule has 6 nitrogen and oxygen atoms in total. The van der Waals surface area contributed by atoms with E-state index in [4.69, 9.17) is 5.11 Å². The topological polar surface area (TPSA) is 87.6 Å². The van der Waals surface area contributed by atoms with Gasteiger partial charge in [-0.2, -0.15) is 0 Å². The summed E-state index contributed by atoms with van der Waals surface area (Å²) >= 11 is 3.19. The van der Waals surface area contributed by atoms with Crippen molar-refractivity contribution in [1.82, 2.24) is 9.88 Å². The van der Waals surface area contributed by atoms with Crippen LogP contribution in [0.4, 0.5) is 0 Å². The molecule has 1 unspecified atom stereocenters. The molecule has 110 valence electrons. The number of halogens is 1. The lowest BCUT2D eigenvalue weighted by atomic mass is 10.1. The van der Waals surface area contributed by atoms with E-state index < -0.39 is 9.84 Å². The second-order valence-corrected chi connectivity index (χ2v) is 7.69. The molecule has 1 fully saturated rings. The van der Waals surface area contributed by atoms with Gasteiger partial charge >= 0.3 is 0 Å². The maximum absolute atomic E-state index is 12.4. The number of carbonyl (C=O) groups is 1. The number of hydrogen-bond acceptors (Lipinski definition) is 5. The van der Waals surface area contributed by atoms with Crippen molar-refractivity contribution in [3.05, 3.63) is 28.5 Å². The third-order valence-corrected chi connectivity index (χ3v) is 5.44. The van der Waals surface area contributed by atoms with E-state index in [9.17, 15) is 13.2 Å². The maximum atomic E-state index is 12.4. The summed E-state index contributed by atoms with van der Waals surface area (Å²) in [6.07, 6.45) is 1.85. The molecule has 1 amide bonds. The summed E-state index contributed by atoms with van der Waals surface area (Å²) in [5.41, 5.74) is 0.381. The summed E-state index contributed by atoms with van der Waals surface area (Å²) in [6.45, 7) is -0.0820. The van der Waals surface area contributed by atoms with Crippen LogP contribution in [0.25, 0.3) is 0 Å². The van der Waals surface area contributed by atoms with Crippen molar-refractivity contribution < 1.29 is 18.3 Å². The number of amides is 1. The molecule has 0 saturated carbocycles. The molecule has 1 atom stereocenters. The van der Waals surface area contributed by atoms with Crippen molar-refractivity contribution in [2.75, 3.05) is 24.7 Å². The van der Waals surface area contributed by atoms with Crippen LogP contribution in [0.1, 0.15) is 16.8 Å². The smallest absolute Gasteiger partial charge is 0.255 e. The Labute approximate surface area is 125 Å². The molecule has 0 radical (unpaired) electrons. The number of nitrogens with zero attached hydrogens (tertiary/aromatic N) is 2. The van der Waals surface area contributed by atoms with Crippen LogP contribution in [0.15, 0.2) is 22.9 Å². The fourth-order valence-electron chi connectivity index (χ4n) is 2.25. The highest BCUT2D eigenvalue weighted by atomic mass is 79.9. The van der Waals surface area contributed by atoms with Crippen molar-refractivity contribution in [3.63, 3.8) is 0 Å². The van der Waals surface area contributed by atoms with Crippen LogP contribution in [-0.2, 0) is 9.84 Å². The van der Waals surface area contributed by atoms with Gasteiger partial charge in [0.2, 0.25) is 0 Å². The SMILES string of the molecule is O=C(c1ccc(Br)nc1)N(CCO)C1CCS(=O)(=O)C1. The number of aliphatic hydroxyl groups is 1. The Morgan fingerprint density at radius 1 is 1.50 bits per heavy atom. The predicted octanol–water partition coefficient (Wildman–Crippen LogP) is 0.466. The van der Waals surface area contributed by atoms with E-state index in [0.717, 1.165) is 0 Å². The normalized spacial score (nSPS) is 20.8. The van der Waals surface area contributed by atoms with Gasteiger partial charge in [0.15, 0.2) is 9.84 Å². The minimum absolute atomic E-state index is 0.0390. The average molecular weight is 363 g/mol. The average Bonchev–Trinajstić information content (AvgIpc) is 2.76. The van der Waals surface area contributed by atoms with E-state index in [0.29, 0.717) is 16.6 Å². The Hall–Kier alpha value is -0.990. The van der Waals surface area contributed by atoms with Crippen LogP contribution in [0.5, 0.6) is 0 Å². The van der Waals surface area contributed by atoms with Crippen LogP contribution in [-0.4, -0.2) is 60.0 Å². The summed E-state index contributed by atoms with van der Waals surface area (Å²) in [4.78, 5) is 17.8. The summed E-state index contributed by atoms with van der Waals surface area (Å²) in [5, 5.41) is 9.10. The fraction of sp³-hybridized carbons (Fsp3) is 0.500. The highest BCUT2D eigenvalue weighted by Gasteiger charge is 2.34. The molecule has 0 aromatic carbocycles. The predicted molar refractivity (Wildman–Crippen MR) is 77.1 cm³/mol. The van der Waals surface area contributed by atoms with E-state index in [1.54, 1.807) is 12.1 Å². The molecule has 1 aromatic heterocycles. The molecule has 2 heterocycles. The molecule has 8 heteroatoms. The van der Waals surface area contributed by atoms with Gasteiger partial charge in [-0.1, -0.05) is 0 Å². The highest BCUT2D eigenvalue weighted by molar-refractivity contribution is 9.10. The summed E-state index contributed by atoms with van der Waals surface area (Å²) in [7, 11) is -3.08. The van der Waals surface area contributed by atoms with Crippen molar-refractivity contribution in [1.29, 1.82) is 0 Å². The zero-order valence-corrected chi connectivity index (χ0v) is 13.1. The standard InChI is InChI=1S/C12H15BrN2O4S/c13-11-2-1-9(7-14-11)12(17)15(4-5-16)10-3-6-20(18,19)8-10/h1-2,7,10,16H,3-6,8H2. The van der Waals surface area contributed by atoms with E-state index in [-0.39, 0.29) is 36.6 Å². The number of aliphatic hydroxyl groups excluding tert-OH is 1. The Morgan fingerprint density at radius 3 is 2.75 bits per heavy atom. The van der Waals surface area contributed by atoms with E-state index in [2.05, 4.69) is 20.9 Å². The number of rotatable bonds is 4. The number of aromatic nitrogens is 1. The van der Waals surface area contributed by atoms with Gasteiger partial charge in [0.1, 0.15) is 4.60 Å². The van der Waals surface area contributed by atoms with Crippen LogP contribution in [0.3, 0.4) is 0 Å². The molecule has 1 N–H and O–H groups in total. The van der Waals surface area contributed by atoms with Crippen LogP contribution in [0, 0.1) is 0 Å². The number of hydrogen-bond donors (Lipinski definition) is 1. The molecule has 0 bridgehead atoms.